The van der Waals surface area contributed by atoms with Crippen molar-refractivity contribution in [3.63, 3.8) is 0 Å². The van der Waals surface area contributed by atoms with Gasteiger partial charge in [0.25, 0.3) is 0 Å². The Morgan fingerprint density at radius 1 is 1.36 bits per heavy atom. The lowest BCUT2D eigenvalue weighted by Crippen LogP contribution is -2.21. The number of nitrogens with one attached hydrogen (secondary N) is 1. The van der Waals surface area contributed by atoms with Gasteiger partial charge in [0.2, 0.25) is 0 Å². The Morgan fingerprint density at radius 3 is 2.29 bits per heavy atom. The average molecular weight is 209 g/mol. The van der Waals surface area contributed by atoms with E-state index >= 15 is 0 Å². The van der Waals surface area contributed by atoms with E-state index in [1.165, 1.54) is 0 Å². The van der Waals surface area contributed by atoms with Crippen molar-refractivity contribution >= 4 is 17.2 Å². The minimum absolute atomic E-state index is 0.355. The molecular weight excluding hydrogens is 194 g/mol. The van der Waals surface area contributed by atoms with Crippen LogP contribution in [0.4, 0.5) is 0 Å². The molecule has 0 fully saturated rings. The van der Waals surface area contributed by atoms with Crippen LogP contribution in [0.25, 0.3) is 0 Å². The lowest BCUT2D eigenvalue weighted by atomic mass is 10.1. The molecule has 0 spiro atoms. The van der Waals surface area contributed by atoms with Crippen LogP contribution in [0.15, 0.2) is 12.1 Å². The molecule has 76 valence electrons. The summed E-state index contributed by atoms with van der Waals surface area (Å²) in [4.78, 5) is 0.735. The number of rotatable bonds is 2. The van der Waals surface area contributed by atoms with Crippen molar-refractivity contribution in [2.24, 2.45) is 0 Å². The maximum absolute atomic E-state index is 9.58. The molecule has 3 heteroatoms. The van der Waals surface area contributed by atoms with Crippen molar-refractivity contribution in [3.8, 4) is 5.75 Å². The zero-order valence-electron chi connectivity index (χ0n) is 8.72. The summed E-state index contributed by atoms with van der Waals surface area (Å²) in [5.74, 6) is 0.355. The number of benzene rings is 1. The summed E-state index contributed by atoms with van der Waals surface area (Å²) >= 11 is 5.19. The van der Waals surface area contributed by atoms with Gasteiger partial charge in [-0.15, -0.1) is 0 Å². The highest BCUT2D eigenvalue weighted by Crippen LogP contribution is 2.22. The monoisotopic (exact) mass is 209 g/mol. The van der Waals surface area contributed by atoms with Gasteiger partial charge in [0.15, 0.2) is 0 Å². The number of aryl methyl sites for hydroxylation is 2. The largest absolute Gasteiger partial charge is 0.507 e. The van der Waals surface area contributed by atoms with E-state index in [0.29, 0.717) is 5.75 Å². The van der Waals surface area contributed by atoms with Crippen LogP contribution in [0.5, 0.6) is 5.75 Å². The molecule has 0 amide bonds. The van der Waals surface area contributed by atoms with E-state index < -0.39 is 0 Å². The lowest BCUT2D eigenvalue weighted by molar-refractivity contribution is 0.467. The summed E-state index contributed by atoms with van der Waals surface area (Å²) in [6, 6.07) is 3.79. The molecule has 0 saturated carbocycles. The fraction of sp³-hybridized carbons (Fsp3) is 0.364. The van der Waals surface area contributed by atoms with E-state index in [1.54, 1.807) is 0 Å². The number of phenols is 1. The molecule has 1 rings (SSSR count). The molecule has 14 heavy (non-hydrogen) atoms. The Labute approximate surface area is 90.0 Å². The first kappa shape index (κ1) is 11.0. The van der Waals surface area contributed by atoms with Crippen LogP contribution in [-0.2, 0) is 0 Å². The van der Waals surface area contributed by atoms with Gasteiger partial charge in [0.1, 0.15) is 10.7 Å². The maximum Gasteiger partial charge on any atom is 0.121 e. The second-order valence-electron chi connectivity index (χ2n) is 3.32. The van der Waals surface area contributed by atoms with Gasteiger partial charge in [-0.05, 0) is 44.0 Å². The van der Waals surface area contributed by atoms with Gasteiger partial charge in [0, 0.05) is 12.1 Å². The molecule has 1 aromatic carbocycles. The Morgan fingerprint density at radius 2 is 1.86 bits per heavy atom. The van der Waals surface area contributed by atoms with Gasteiger partial charge in [-0.2, -0.15) is 0 Å². The van der Waals surface area contributed by atoms with Crippen LogP contribution in [-0.4, -0.2) is 16.6 Å². The first-order valence-electron chi connectivity index (χ1n) is 4.64. The second-order valence-corrected chi connectivity index (χ2v) is 3.73. The predicted molar refractivity (Wildman–Crippen MR) is 63.0 cm³/mol. The van der Waals surface area contributed by atoms with Crippen molar-refractivity contribution in [3.05, 3.63) is 28.8 Å². The maximum atomic E-state index is 9.58. The van der Waals surface area contributed by atoms with Gasteiger partial charge < -0.3 is 10.4 Å². The first-order valence-corrected chi connectivity index (χ1v) is 5.05. The summed E-state index contributed by atoms with van der Waals surface area (Å²) in [7, 11) is 0. The van der Waals surface area contributed by atoms with Gasteiger partial charge >= 0.3 is 0 Å². The number of thiocarbonyl (C=S) groups is 1. The van der Waals surface area contributed by atoms with Crippen LogP contribution in [0.2, 0.25) is 0 Å². The van der Waals surface area contributed by atoms with Gasteiger partial charge in [-0.1, -0.05) is 12.2 Å². The van der Waals surface area contributed by atoms with Crippen LogP contribution >= 0.6 is 12.2 Å². The average Bonchev–Trinajstić information content (AvgIpc) is 2.13. The fourth-order valence-corrected chi connectivity index (χ4v) is 1.61. The van der Waals surface area contributed by atoms with Crippen LogP contribution in [0, 0.1) is 13.8 Å². The Balaban J connectivity index is 3.06. The molecule has 0 heterocycles. The fourth-order valence-electron chi connectivity index (χ4n) is 1.35. The highest BCUT2D eigenvalue weighted by molar-refractivity contribution is 7.80. The molecular formula is C11H15NOS. The summed E-state index contributed by atoms with van der Waals surface area (Å²) in [5, 5.41) is 12.7. The number of hydrogen-bond acceptors (Lipinski definition) is 2. The van der Waals surface area contributed by atoms with Crippen LogP contribution in [0.3, 0.4) is 0 Å². The van der Waals surface area contributed by atoms with Crippen molar-refractivity contribution in [2.45, 2.75) is 20.8 Å². The molecule has 0 saturated heterocycles. The molecule has 0 aliphatic heterocycles. The molecule has 2 N–H and O–H groups in total. The minimum atomic E-state index is 0.355. The van der Waals surface area contributed by atoms with Crippen LogP contribution < -0.4 is 5.32 Å². The molecule has 0 unspecified atom stereocenters. The third kappa shape index (κ3) is 2.23. The third-order valence-corrected chi connectivity index (χ3v) is 2.47. The molecule has 0 bridgehead atoms. The Kier molecular flexibility index (Phi) is 3.47. The number of hydrogen-bond donors (Lipinski definition) is 2. The summed E-state index contributed by atoms with van der Waals surface area (Å²) < 4.78 is 0. The molecule has 0 aliphatic rings. The standard InChI is InChI=1S/C11H15NOS/c1-4-12-11(14)9-5-7(2)10(13)8(3)6-9/h5-6,13H,4H2,1-3H3,(H,12,14). The van der Waals surface area contributed by atoms with Gasteiger partial charge in [-0.25, -0.2) is 0 Å². The van der Waals surface area contributed by atoms with Crippen molar-refractivity contribution in [1.82, 2.24) is 5.32 Å². The zero-order valence-corrected chi connectivity index (χ0v) is 9.53. The quantitative estimate of drug-likeness (QED) is 0.733. The second kappa shape index (κ2) is 4.42. The van der Waals surface area contributed by atoms with Crippen molar-refractivity contribution in [1.29, 1.82) is 0 Å². The van der Waals surface area contributed by atoms with E-state index in [9.17, 15) is 5.11 Å². The SMILES string of the molecule is CCNC(=S)c1cc(C)c(O)c(C)c1. The smallest absolute Gasteiger partial charge is 0.121 e. The highest BCUT2D eigenvalue weighted by Gasteiger charge is 2.06. The van der Waals surface area contributed by atoms with Crippen LogP contribution in [0.1, 0.15) is 23.6 Å². The normalized spacial score (nSPS) is 9.93. The number of phenolic OH excluding ortho intramolecular Hbond substituents is 1. The zero-order chi connectivity index (χ0) is 10.7. The lowest BCUT2D eigenvalue weighted by Gasteiger charge is -2.09. The van der Waals surface area contributed by atoms with Crippen molar-refractivity contribution < 1.29 is 5.11 Å². The molecule has 1 aromatic rings. The van der Waals surface area contributed by atoms with E-state index in [-0.39, 0.29) is 0 Å². The van der Waals surface area contributed by atoms with E-state index in [2.05, 4.69) is 5.32 Å². The molecule has 0 aromatic heterocycles. The molecule has 0 radical (unpaired) electrons. The van der Waals surface area contributed by atoms with E-state index in [0.717, 1.165) is 28.2 Å². The molecule has 0 aliphatic carbocycles. The van der Waals surface area contributed by atoms with Gasteiger partial charge in [0.05, 0.1) is 0 Å². The summed E-state index contributed by atoms with van der Waals surface area (Å²) in [5.41, 5.74) is 2.69. The topological polar surface area (TPSA) is 32.3 Å². The van der Waals surface area contributed by atoms with Crippen molar-refractivity contribution in [2.75, 3.05) is 6.54 Å². The Bertz CT molecular complexity index is 337. The molecule has 2 nitrogen and oxygen atoms in total. The summed E-state index contributed by atoms with van der Waals surface area (Å²) in [6.45, 7) is 6.57. The Hall–Kier alpha value is -1.09. The molecule has 0 atom stereocenters. The predicted octanol–water partition coefficient (Wildman–Crippen LogP) is 2.29. The highest BCUT2D eigenvalue weighted by atomic mass is 32.1. The minimum Gasteiger partial charge on any atom is -0.507 e. The van der Waals surface area contributed by atoms with E-state index in [1.807, 2.05) is 32.9 Å². The van der Waals surface area contributed by atoms with Gasteiger partial charge in [-0.3, -0.25) is 0 Å². The number of aromatic hydroxyl groups is 1. The third-order valence-electron chi connectivity index (χ3n) is 2.09. The summed E-state index contributed by atoms with van der Waals surface area (Å²) in [6.07, 6.45) is 0. The van der Waals surface area contributed by atoms with E-state index in [4.69, 9.17) is 12.2 Å². The first-order chi connectivity index (χ1) is 6.56.